The molecule has 2 aromatic heterocycles. The molecule has 0 amide bonds. The molecule has 0 atom stereocenters. The lowest BCUT2D eigenvalue weighted by atomic mass is 10.3. The van der Waals surface area contributed by atoms with E-state index in [2.05, 4.69) is 27.5 Å². The van der Waals surface area contributed by atoms with Crippen LogP contribution in [0.15, 0.2) is 30.3 Å². The summed E-state index contributed by atoms with van der Waals surface area (Å²) in [6.45, 7) is 4.85. The average molecular weight is 287 g/mol. The van der Waals surface area contributed by atoms with Crippen LogP contribution in [-0.2, 0) is 13.0 Å². The third-order valence-corrected chi connectivity index (χ3v) is 3.44. The Morgan fingerprint density at radius 3 is 2.70 bits per heavy atom. The molecule has 0 fully saturated rings. The zero-order valence-corrected chi connectivity index (χ0v) is 12.2. The Morgan fingerprint density at radius 2 is 1.95 bits per heavy atom. The third kappa shape index (κ3) is 2.39. The van der Waals surface area contributed by atoms with E-state index in [4.69, 9.17) is 16.6 Å². The molecular formula is C15H15ClN4. The molecule has 0 unspecified atom stereocenters. The van der Waals surface area contributed by atoms with Crippen molar-refractivity contribution in [2.24, 2.45) is 0 Å². The summed E-state index contributed by atoms with van der Waals surface area (Å²) in [6, 6.07) is 9.96. The fraction of sp³-hybridized carbons (Fsp3) is 0.267. The summed E-state index contributed by atoms with van der Waals surface area (Å²) in [5.74, 6) is 1.69. The summed E-state index contributed by atoms with van der Waals surface area (Å²) in [4.78, 5) is 13.2. The molecule has 0 bridgehead atoms. The number of hydrogen-bond donors (Lipinski definition) is 0. The van der Waals surface area contributed by atoms with Crippen LogP contribution in [0.4, 0.5) is 0 Å². The molecule has 0 N–H and O–H groups in total. The van der Waals surface area contributed by atoms with Gasteiger partial charge in [0.15, 0.2) is 0 Å². The highest BCUT2D eigenvalue weighted by Crippen LogP contribution is 2.18. The molecule has 3 aromatic rings. The van der Waals surface area contributed by atoms with Crippen LogP contribution < -0.4 is 0 Å². The zero-order valence-electron chi connectivity index (χ0n) is 11.5. The van der Waals surface area contributed by atoms with Crippen molar-refractivity contribution in [2.45, 2.75) is 26.8 Å². The van der Waals surface area contributed by atoms with Crippen LogP contribution >= 0.6 is 11.6 Å². The van der Waals surface area contributed by atoms with Gasteiger partial charge in [0.25, 0.3) is 0 Å². The minimum Gasteiger partial charge on any atom is -0.328 e. The first-order valence-electron chi connectivity index (χ1n) is 6.61. The maximum Gasteiger partial charge on any atom is 0.133 e. The molecule has 0 spiro atoms. The van der Waals surface area contributed by atoms with E-state index in [9.17, 15) is 0 Å². The zero-order chi connectivity index (χ0) is 14.1. The van der Waals surface area contributed by atoms with Crippen molar-refractivity contribution in [1.29, 1.82) is 0 Å². The number of benzene rings is 1. The highest BCUT2D eigenvalue weighted by atomic mass is 35.5. The second-order valence-corrected chi connectivity index (χ2v) is 5.05. The largest absolute Gasteiger partial charge is 0.328 e. The second-order valence-electron chi connectivity index (χ2n) is 4.67. The Bertz CT molecular complexity index is 743. The molecule has 1 aromatic carbocycles. The third-order valence-electron chi connectivity index (χ3n) is 3.25. The molecule has 5 heteroatoms. The molecule has 0 radical (unpaired) electrons. The van der Waals surface area contributed by atoms with Crippen LogP contribution in [0.1, 0.15) is 24.3 Å². The van der Waals surface area contributed by atoms with Gasteiger partial charge in [0.05, 0.1) is 16.7 Å². The monoisotopic (exact) mass is 286 g/mol. The smallest absolute Gasteiger partial charge is 0.133 e. The van der Waals surface area contributed by atoms with Gasteiger partial charge in [-0.2, -0.15) is 0 Å². The number of imidazole rings is 1. The van der Waals surface area contributed by atoms with E-state index in [0.29, 0.717) is 17.4 Å². The number of fused-ring (bicyclic) bond motifs is 1. The quantitative estimate of drug-likeness (QED) is 0.693. The van der Waals surface area contributed by atoms with Crippen molar-refractivity contribution < 1.29 is 0 Å². The van der Waals surface area contributed by atoms with Crippen LogP contribution in [0.3, 0.4) is 0 Å². The fourth-order valence-corrected chi connectivity index (χ4v) is 2.70. The molecule has 102 valence electrons. The van der Waals surface area contributed by atoms with Crippen LogP contribution in [-0.4, -0.2) is 19.5 Å². The van der Waals surface area contributed by atoms with E-state index >= 15 is 0 Å². The number of para-hydroxylation sites is 2. The Kier molecular flexibility index (Phi) is 3.40. The predicted molar refractivity (Wildman–Crippen MR) is 80.0 cm³/mol. The number of hydrogen-bond acceptors (Lipinski definition) is 3. The molecule has 0 saturated heterocycles. The maximum absolute atomic E-state index is 5.99. The molecule has 4 nitrogen and oxygen atoms in total. The van der Waals surface area contributed by atoms with Gasteiger partial charge in [0, 0.05) is 13.0 Å². The van der Waals surface area contributed by atoms with E-state index in [0.717, 1.165) is 29.1 Å². The number of halogens is 1. The normalized spacial score (nSPS) is 11.2. The van der Waals surface area contributed by atoms with Crippen molar-refractivity contribution in [1.82, 2.24) is 19.5 Å². The first-order valence-corrected chi connectivity index (χ1v) is 6.99. The second kappa shape index (κ2) is 5.21. The van der Waals surface area contributed by atoms with Crippen LogP contribution in [0.5, 0.6) is 0 Å². The SMILES string of the molecule is CCn1c(Cc2cc(Cl)nc(C)n2)nc2ccccc21. The van der Waals surface area contributed by atoms with Crippen LogP contribution in [0, 0.1) is 6.92 Å². The summed E-state index contributed by atoms with van der Waals surface area (Å²) in [6.07, 6.45) is 0.658. The molecule has 0 saturated carbocycles. The summed E-state index contributed by atoms with van der Waals surface area (Å²) in [5, 5.41) is 0.478. The van der Waals surface area contributed by atoms with Crippen molar-refractivity contribution in [3.8, 4) is 0 Å². The van der Waals surface area contributed by atoms with E-state index in [1.54, 1.807) is 6.07 Å². The fourth-order valence-electron chi connectivity index (χ4n) is 2.46. The van der Waals surface area contributed by atoms with Gasteiger partial charge in [-0.15, -0.1) is 0 Å². The molecule has 0 aliphatic heterocycles. The maximum atomic E-state index is 5.99. The first kappa shape index (κ1) is 13.1. The molecule has 3 rings (SSSR count). The Labute approximate surface area is 122 Å². The van der Waals surface area contributed by atoms with Crippen molar-refractivity contribution in [2.75, 3.05) is 0 Å². The van der Waals surface area contributed by atoms with Gasteiger partial charge >= 0.3 is 0 Å². The molecule has 0 aliphatic rings. The van der Waals surface area contributed by atoms with Crippen LogP contribution in [0.25, 0.3) is 11.0 Å². The van der Waals surface area contributed by atoms with Crippen molar-refractivity contribution in [3.05, 3.63) is 52.8 Å². The van der Waals surface area contributed by atoms with E-state index in [1.807, 2.05) is 25.1 Å². The van der Waals surface area contributed by atoms with Gasteiger partial charge in [-0.1, -0.05) is 23.7 Å². The Hall–Kier alpha value is -1.94. The van der Waals surface area contributed by atoms with Crippen molar-refractivity contribution >= 4 is 22.6 Å². The number of nitrogens with zero attached hydrogens (tertiary/aromatic N) is 4. The van der Waals surface area contributed by atoms with Gasteiger partial charge in [0.1, 0.15) is 16.8 Å². The van der Waals surface area contributed by atoms with Gasteiger partial charge in [0.2, 0.25) is 0 Å². The van der Waals surface area contributed by atoms with Gasteiger partial charge in [-0.25, -0.2) is 15.0 Å². The summed E-state index contributed by atoms with van der Waals surface area (Å²) in [7, 11) is 0. The van der Waals surface area contributed by atoms with E-state index in [1.165, 1.54) is 0 Å². The molecule has 2 heterocycles. The summed E-state index contributed by atoms with van der Waals surface area (Å²) < 4.78 is 2.21. The highest BCUT2D eigenvalue weighted by Gasteiger charge is 2.11. The minimum atomic E-state index is 0.478. The lowest BCUT2D eigenvalue weighted by molar-refractivity contribution is 0.727. The predicted octanol–water partition coefficient (Wildman–Crippen LogP) is 3.40. The Morgan fingerprint density at radius 1 is 1.15 bits per heavy atom. The first-order chi connectivity index (χ1) is 9.67. The summed E-state index contributed by atoms with van der Waals surface area (Å²) in [5.41, 5.74) is 3.07. The van der Waals surface area contributed by atoms with Crippen LogP contribution in [0.2, 0.25) is 5.15 Å². The average Bonchev–Trinajstić information content (AvgIpc) is 2.74. The standard InChI is InChI=1S/C15H15ClN4/c1-3-20-13-7-5-4-6-12(13)19-15(20)9-11-8-14(16)18-10(2)17-11/h4-8H,3,9H2,1-2H3. The lowest BCUT2D eigenvalue weighted by Crippen LogP contribution is -2.05. The van der Waals surface area contributed by atoms with Crippen molar-refractivity contribution in [3.63, 3.8) is 0 Å². The van der Waals surface area contributed by atoms with Gasteiger partial charge in [-0.05, 0) is 32.0 Å². The molecule has 0 aliphatic carbocycles. The minimum absolute atomic E-state index is 0.478. The van der Waals surface area contributed by atoms with Gasteiger partial charge in [-0.3, -0.25) is 0 Å². The van der Waals surface area contributed by atoms with Gasteiger partial charge < -0.3 is 4.57 Å². The Balaban J connectivity index is 2.05. The topological polar surface area (TPSA) is 43.6 Å². The molecular weight excluding hydrogens is 272 g/mol. The highest BCUT2D eigenvalue weighted by molar-refractivity contribution is 6.29. The number of aromatic nitrogens is 4. The number of aryl methyl sites for hydroxylation is 2. The van der Waals surface area contributed by atoms with E-state index < -0.39 is 0 Å². The molecule has 20 heavy (non-hydrogen) atoms. The number of rotatable bonds is 3. The van der Waals surface area contributed by atoms with E-state index in [-0.39, 0.29) is 0 Å². The summed E-state index contributed by atoms with van der Waals surface area (Å²) >= 11 is 5.99. The lowest BCUT2D eigenvalue weighted by Gasteiger charge is -2.06.